The van der Waals surface area contributed by atoms with Crippen LogP contribution >= 0.6 is 0 Å². The molecule has 3 aromatic rings. The second kappa shape index (κ2) is 8.09. The zero-order valence-corrected chi connectivity index (χ0v) is 17.3. The van der Waals surface area contributed by atoms with Crippen LogP contribution in [0.3, 0.4) is 0 Å². The average Bonchev–Trinajstić information content (AvgIpc) is 3.11. The minimum absolute atomic E-state index is 0.0575. The Morgan fingerprint density at radius 1 is 1.32 bits per heavy atom. The molecule has 0 aromatic carbocycles. The normalized spacial score (nSPS) is 17.9. The third-order valence-corrected chi connectivity index (χ3v) is 4.83. The van der Waals surface area contributed by atoms with Crippen LogP contribution in [-0.2, 0) is 4.79 Å². The van der Waals surface area contributed by atoms with Crippen LogP contribution in [0.1, 0.15) is 25.8 Å². The largest absolute Gasteiger partial charge is 0.477 e. The fourth-order valence-electron chi connectivity index (χ4n) is 3.08. The first-order valence-corrected chi connectivity index (χ1v) is 9.85. The Kier molecular flexibility index (Phi) is 5.47. The Morgan fingerprint density at radius 2 is 2.10 bits per heavy atom. The number of rotatable bonds is 8. The predicted molar refractivity (Wildman–Crippen MR) is 107 cm³/mol. The number of ether oxygens (including phenoxy) is 2. The van der Waals surface area contributed by atoms with E-state index in [0.29, 0.717) is 39.9 Å². The molecule has 1 aliphatic carbocycles. The lowest BCUT2D eigenvalue weighted by Gasteiger charge is -2.12. The summed E-state index contributed by atoms with van der Waals surface area (Å²) in [6.45, 7) is 5.25. The van der Waals surface area contributed by atoms with Gasteiger partial charge in [0.25, 0.3) is 5.92 Å². The van der Waals surface area contributed by atoms with Gasteiger partial charge in [-0.05, 0) is 19.9 Å². The lowest BCUT2D eigenvalue weighted by atomic mass is 10.2. The molecule has 1 N–H and O–H groups in total. The quantitative estimate of drug-likeness (QED) is 0.581. The van der Waals surface area contributed by atoms with Crippen LogP contribution in [0.25, 0.3) is 22.6 Å². The molecule has 1 aliphatic rings. The van der Waals surface area contributed by atoms with Gasteiger partial charge in [0.2, 0.25) is 23.6 Å². The van der Waals surface area contributed by atoms with Crippen LogP contribution < -0.4 is 14.8 Å². The zero-order chi connectivity index (χ0) is 22.2. The van der Waals surface area contributed by atoms with E-state index in [1.165, 1.54) is 19.3 Å². The number of amides is 1. The van der Waals surface area contributed by atoms with Gasteiger partial charge in [-0.1, -0.05) is 0 Å². The van der Waals surface area contributed by atoms with E-state index in [4.69, 9.17) is 13.9 Å². The van der Waals surface area contributed by atoms with Crippen LogP contribution in [0.15, 0.2) is 28.9 Å². The topological polar surface area (TPSA) is 99.4 Å². The fraction of sp³-hybridized carbons (Fsp3) is 0.429. The zero-order valence-electron chi connectivity index (χ0n) is 17.3. The van der Waals surface area contributed by atoms with Gasteiger partial charge in [0, 0.05) is 31.2 Å². The van der Waals surface area contributed by atoms with Crippen LogP contribution in [-0.4, -0.2) is 46.0 Å². The first kappa shape index (κ1) is 21.0. The van der Waals surface area contributed by atoms with Crippen molar-refractivity contribution < 1.29 is 27.5 Å². The molecule has 1 fully saturated rings. The van der Waals surface area contributed by atoms with Crippen LogP contribution in [0.2, 0.25) is 0 Å². The molecule has 2 atom stereocenters. The number of hydrogen-bond acceptors (Lipinski definition) is 7. The highest BCUT2D eigenvalue weighted by Crippen LogP contribution is 2.48. The van der Waals surface area contributed by atoms with Crippen molar-refractivity contribution in [3.8, 4) is 23.2 Å². The standard InChI is InChI=1S/C21H22F2N4O4/c1-11-4-14(7-25-19(11)30-10-15-6-21(15,22)23)20-27-16-8-24-18(5-17(16)31-20)29-9-12(2)26-13(3)28/h4-5,7-8,12,15H,6,9-10H2,1-3H3,(H,26,28)/t12-,15?/m0/s1. The molecule has 3 aromatic heterocycles. The number of fused-ring (bicyclic) bond motifs is 1. The second-order valence-electron chi connectivity index (χ2n) is 7.74. The lowest BCUT2D eigenvalue weighted by molar-refractivity contribution is -0.119. The van der Waals surface area contributed by atoms with E-state index in [9.17, 15) is 13.6 Å². The third kappa shape index (κ3) is 4.89. The Bertz CT molecular complexity index is 1120. The number of carbonyl (C=O) groups is 1. The Balaban J connectivity index is 1.44. The fourth-order valence-corrected chi connectivity index (χ4v) is 3.08. The van der Waals surface area contributed by atoms with Crippen LogP contribution in [0.5, 0.6) is 11.8 Å². The Morgan fingerprint density at radius 3 is 2.77 bits per heavy atom. The summed E-state index contributed by atoms with van der Waals surface area (Å²) in [4.78, 5) is 23.9. The van der Waals surface area contributed by atoms with E-state index in [1.807, 2.05) is 6.92 Å². The number of oxazole rings is 1. The molecule has 0 bridgehead atoms. The number of carbonyl (C=O) groups excluding carboxylic acids is 1. The van der Waals surface area contributed by atoms with Crippen molar-refractivity contribution in [2.75, 3.05) is 13.2 Å². The molecule has 1 amide bonds. The minimum Gasteiger partial charge on any atom is -0.477 e. The average molecular weight is 432 g/mol. The number of nitrogens with zero attached hydrogens (tertiary/aromatic N) is 3. The van der Waals surface area contributed by atoms with Crippen molar-refractivity contribution in [3.63, 3.8) is 0 Å². The number of hydrogen-bond donors (Lipinski definition) is 1. The number of alkyl halides is 2. The van der Waals surface area contributed by atoms with Crippen molar-refractivity contribution in [3.05, 3.63) is 30.1 Å². The van der Waals surface area contributed by atoms with Crippen molar-refractivity contribution >= 4 is 17.0 Å². The van der Waals surface area contributed by atoms with Gasteiger partial charge in [-0.25, -0.2) is 23.7 Å². The molecule has 8 nitrogen and oxygen atoms in total. The number of aryl methyl sites for hydroxylation is 1. The molecule has 10 heteroatoms. The molecule has 164 valence electrons. The molecule has 0 radical (unpaired) electrons. The van der Waals surface area contributed by atoms with E-state index in [1.54, 1.807) is 19.1 Å². The van der Waals surface area contributed by atoms with Crippen molar-refractivity contribution in [2.24, 2.45) is 5.92 Å². The first-order chi connectivity index (χ1) is 14.7. The number of halogens is 2. The lowest BCUT2D eigenvalue weighted by Crippen LogP contribution is -2.35. The first-order valence-electron chi connectivity index (χ1n) is 9.85. The molecule has 0 spiro atoms. The molecule has 0 aliphatic heterocycles. The minimum atomic E-state index is -2.62. The highest BCUT2D eigenvalue weighted by molar-refractivity contribution is 5.76. The number of nitrogens with one attached hydrogen (secondary N) is 1. The van der Waals surface area contributed by atoms with E-state index in [0.717, 1.165) is 0 Å². The van der Waals surface area contributed by atoms with E-state index in [2.05, 4.69) is 20.3 Å². The van der Waals surface area contributed by atoms with Gasteiger partial charge < -0.3 is 19.2 Å². The summed E-state index contributed by atoms with van der Waals surface area (Å²) in [6, 6.07) is 3.24. The molecule has 31 heavy (non-hydrogen) atoms. The van der Waals surface area contributed by atoms with Crippen molar-refractivity contribution in [2.45, 2.75) is 39.2 Å². The maximum atomic E-state index is 13.0. The number of aromatic nitrogens is 3. The molecule has 4 rings (SSSR count). The van der Waals surface area contributed by atoms with Crippen molar-refractivity contribution in [1.82, 2.24) is 20.3 Å². The summed E-state index contributed by atoms with van der Waals surface area (Å²) in [5, 5.41) is 2.73. The summed E-state index contributed by atoms with van der Waals surface area (Å²) in [6.07, 6.45) is 2.92. The SMILES string of the molecule is CC(=O)N[C@@H](C)COc1cc2oc(-c3cnc(OCC4CC4(F)F)c(C)c3)nc2cn1. The van der Waals surface area contributed by atoms with E-state index in [-0.39, 0.29) is 31.6 Å². The van der Waals surface area contributed by atoms with Crippen LogP contribution in [0.4, 0.5) is 8.78 Å². The van der Waals surface area contributed by atoms with Gasteiger partial charge in [0.1, 0.15) is 12.1 Å². The molecular weight excluding hydrogens is 410 g/mol. The molecular formula is C21H22F2N4O4. The van der Waals surface area contributed by atoms with Gasteiger partial charge in [0.15, 0.2) is 5.58 Å². The summed E-state index contributed by atoms with van der Waals surface area (Å²) >= 11 is 0. The van der Waals surface area contributed by atoms with Gasteiger partial charge in [0.05, 0.1) is 30.3 Å². The third-order valence-electron chi connectivity index (χ3n) is 4.83. The summed E-state index contributed by atoms with van der Waals surface area (Å²) in [5.41, 5.74) is 2.35. The Labute approximate surface area is 177 Å². The summed E-state index contributed by atoms with van der Waals surface area (Å²) < 4.78 is 42.9. The van der Waals surface area contributed by atoms with Gasteiger partial charge in [-0.3, -0.25) is 4.79 Å². The second-order valence-corrected chi connectivity index (χ2v) is 7.74. The summed E-state index contributed by atoms with van der Waals surface area (Å²) in [7, 11) is 0. The molecule has 1 saturated carbocycles. The van der Waals surface area contributed by atoms with Crippen LogP contribution in [0, 0.1) is 12.8 Å². The highest BCUT2D eigenvalue weighted by atomic mass is 19.3. The monoisotopic (exact) mass is 432 g/mol. The maximum absolute atomic E-state index is 13.0. The summed E-state index contributed by atoms with van der Waals surface area (Å²) in [5.74, 6) is -2.49. The Hall–Kier alpha value is -3.30. The molecule has 3 heterocycles. The smallest absolute Gasteiger partial charge is 0.255 e. The highest BCUT2D eigenvalue weighted by Gasteiger charge is 2.57. The van der Waals surface area contributed by atoms with Crippen molar-refractivity contribution in [1.29, 1.82) is 0 Å². The maximum Gasteiger partial charge on any atom is 0.255 e. The van der Waals surface area contributed by atoms with E-state index < -0.39 is 11.8 Å². The van der Waals surface area contributed by atoms with Gasteiger partial charge in [-0.15, -0.1) is 0 Å². The van der Waals surface area contributed by atoms with Gasteiger partial charge in [-0.2, -0.15) is 0 Å². The molecule has 0 saturated heterocycles. The van der Waals surface area contributed by atoms with Gasteiger partial charge >= 0.3 is 0 Å². The predicted octanol–water partition coefficient (Wildman–Crippen LogP) is 3.53. The van der Waals surface area contributed by atoms with E-state index >= 15 is 0 Å². The molecule has 1 unspecified atom stereocenters. The number of pyridine rings is 2.